The molecule has 8 heteroatoms. The predicted octanol–water partition coefficient (Wildman–Crippen LogP) is 2.90. The summed E-state index contributed by atoms with van der Waals surface area (Å²) in [7, 11) is 0. The summed E-state index contributed by atoms with van der Waals surface area (Å²) in [6.45, 7) is 9.62. The normalized spacial score (nSPS) is 16.8. The largest absolute Gasteiger partial charge is 0.357 e. The Hall–Kier alpha value is -2.48. The minimum absolute atomic E-state index is 0.0430. The molecule has 1 N–H and O–H groups in total. The third-order valence-corrected chi connectivity index (χ3v) is 5.28. The molecule has 2 heterocycles. The second-order valence-corrected chi connectivity index (χ2v) is 7.15. The number of aromatic nitrogens is 2. The van der Waals surface area contributed by atoms with Gasteiger partial charge in [-0.05, 0) is 19.4 Å². The van der Waals surface area contributed by atoms with Crippen LogP contribution in [0.15, 0.2) is 41.9 Å². The van der Waals surface area contributed by atoms with Crippen LogP contribution in [0.2, 0.25) is 0 Å². The number of piperazine rings is 1. The maximum absolute atomic E-state index is 14.3. The van der Waals surface area contributed by atoms with E-state index < -0.39 is 11.6 Å². The van der Waals surface area contributed by atoms with Gasteiger partial charge in [0, 0.05) is 69.3 Å². The first-order valence-corrected chi connectivity index (χ1v) is 10.3. The van der Waals surface area contributed by atoms with Crippen LogP contribution >= 0.6 is 0 Å². The standard InChI is InChI=1S/C21H30F2N6/c1-3-20(18-6-5-17(22)15-19(18)23)28-11-13-29(14-12-28)21(25-4-2)26-8-10-27-9-7-24-16-27/h5-7,9,15-16,20H,3-4,8,10-14H2,1-2H3,(H,25,26). The van der Waals surface area contributed by atoms with Gasteiger partial charge in [0.1, 0.15) is 11.6 Å². The number of hydrogen-bond acceptors (Lipinski definition) is 3. The fourth-order valence-corrected chi connectivity index (χ4v) is 3.81. The van der Waals surface area contributed by atoms with Crippen molar-refractivity contribution in [2.45, 2.75) is 32.9 Å². The molecule has 1 atom stereocenters. The topological polar surface area (TPSA) is 48.7 Å². The first-order valence-electron chi connectivity index (χ1n) is 10.3. The van der Waals surface area contributed by atoms with Gasteiger partial charge in [-0.15, -0.1) is 0 Å². The minimum atomic E-state index is -0.534. The van der Waals surface area contributed by atoms with E-state index in [1.165, 1.54) is 6.07 Å². The van der Waals surface area contributed by atoms with E-state index in [1.807, 2.05) is 17.7 Å². The van der Waals surface area contributed by atoms with Crippen LogP contribution in [0, 0.1) is 11.6 Å². The van der Waals surface area contributed by atoms with Crippen molar-refractivity contribution >= 4 is 5.96 Å². The Balaban J connectivity index is 1.60. The minimum Gasteiger partial charge on any atom is -0.357 e. The molecule has 29 heavy (non-hydrogen) atoms. The van der Waals surface area contributed by atoms with Crippen molar-refractivity contribution in [3.05, 3.63) is 54.1 Å². The molecule has 0 aliphatic carbocycles. The molecular formula is C21H30F2N6. The average Bonchev–Trinajstić information content (AvgIpc) is 3.23. The highest BCUT2D eigenvalue weighted by Crippen LogP contribution is 2.28. The molecule has 0 bridgehead atoms. The highest BCUT2D eigenvalue weighted by Gasteiger charge is 2.27. The summed E-state index contributed by atoms with van der Waals surface area (Å²) in [6, 6.07) is 3.85. The van der Waals surface area contributed by atoms with E-state index in [-0.39, 0.29) is 6.04 Å². The monoisotopic (exact) mass is 404 g/mol. The summed E-state index contributed by atoms with van der Waals surface area (Å²) in [5.41, 5.74) is 0.572. The lowest BCUT2D eigenvalue weighted by molar-refractivity contribution is 0.124. The lowest BCUT2D eigenvalue weighted by atomic mass is 10.0. The van der Waals surface area contributed by atoms with Gasteiger partial charge in [0.2, 0.25) is 0 Å². The van der Waals surface area contributed by atoms with E-state index in [2.05, 4.69) is 27.0 Å². The van der Waals surface area contributed by atoms with Crippen LogP contribution in [0.3, 0.4) is 0 Å². The third kappa shape index (κ3) is 5.53. The number of nitrogens with one attached hydrogen (secondary N) is 1. The van der Waals surface area contributed by atoms with Crippen LogP contribution in [0.25, 0.3) is 0 Å². The lowest BCUT2D eigenvalue weighted by Gasteiger charge is -2.40. The van der Waals surface area contributed by atoms with E-state index in [4.69, 9.17) is 4.99 Å². The smallest absolute Gasteiger partial charge is 0.194 e. The molecule has 6 nitrogen and oxygen atoms in total. The van der Waals surface area contributed by atoms with E-state index in [1.54, 1.807) is 18.6 Å². The van der Waals surface area contributed by atoms with Crippen molar-refractivity contribution in [1.82, 2.24) is 24.7 Å². The van der Waals surface area contributed by atoms with E-state index in [0.717, 1.165) is 57.7 Å². The van der Waals surface area contributed by atoms with Crippen molar-refractivity contribution in [1.29, 1.82) is 0 Å². The Labute approximate surface area is 171 Å². The van der Waals surface area contributed by atoms with Crippen LogP contribution in [0.4, 0.5) is 8.78 Å². The van der Waals surface area contributed by atoms with Crippen molar-refractivity contribution in [3.63, 3.8) is 0 Å². The molecule has 0 saturated carbocycles. The summed E-state index contributed by atoms with van der Waals surface area (Å²) < 4.78 is 29.6. The summed E-state index contributed by atoms with van der Waals surface area (Å²) in [5.74, 6) is -0.0879. The molecule has 1 unspecified atom stereocenters. The second-order valence-electron chi connectivity index (χ2n) is 7.15. The van der Waals surface area contributed by atoms with Crippen molar-refractivity contribution in [2.24, 2.45) is 4.99 Å². The summed E-state index contributed by atoms with van der Waals surface area (Å²) in [6.07, 6.45) is 6.27. The molecule has 3 rings (SSSR count). The first-order chi connectivity index (χ1) is 14.1. The van der Waals surface area contributed by atoms with Gasteiger partial charge in [0.05, 0.1) is 12.9 Å². The molecule has 0 spiro atoms. The van der Waals surface area contributed by atoms with Crippen molar-refractivity contribution in [3.8, 4) is 0 Å². The Morgan fingerprint density at radius 2 is 2.00 bits per heavy atom. The molecule has 1 aromatic heterocycles. The van der Waals surface area contributed by atoms with Crippen LogP contribution in [-0.4, -0.2) is 64.6 Å². The number of nitrogens with zero attached hydrogens (tertiary/aromatic N) is 5. The van der Waals surface area contributed by atoms with E-state index in [0.29, 0.717) is 12.1 Å². The van der Waals surface area contributed by atoms with Gasteiger partial charge in [-0.1, -0.05) is 13.0 Å². The van der Waals surface area contributed by atoms with Crippen LogP contribution in [0.1, 0.15) is 31.9 Å². The Bertz CT molecular complexity index is 784. The van der Waals surface area contributed by atoms with Gasteiger partial charge < -0.3 is 14.8 Å². The number of halogens is 2. The number of rotatable bonds is 7. The van der Waals surface area contributed by atoms with Crippen molar-refractivity contribution in [2.75, 3.05) is 39.3 Å². The molecule has 0 radical (unpaired) electrons. The summed E-state index contributed by atoms with van der Waals surface area (Å²) in [4.78, 5) is 13.3. The predicted molar refractivity (Wildman–Crippen MR) is 111 cm³/mol. The second kappa shape index (κ2) is 10.3. The lowest BCUT2D eigenvalue weighted by Crippen LogP contribution is -2.53. The van der Waals surface area contributed by atoms with Crippen molar-refractivity contribution < 1.29 is 8.78 Å². The quantitative estimate of drug-likeness (QED) is 0.570. The molecular weight excluding hydrogens is 374 g/mol. The number of aliphatic imine (C=N–C) groups is 1. The zero-order valence-electron chi connectivity index (χ0n) is 17.2. The molecule has 0 amide bonds. The number of hydrogen-bond donors (Lipinski definition) is 1. The number of guanidine groups is 1. The fraction of sp³-hybridized carbons (Fsp3) is 0.524. The van der Waals surface area contributed by atoms with Crippen LogP contribution in [0.5, 0.6) is 0 Å². The van der Waals surface area contributed by atoms with Crippen LogP contribution in [-0.2, 0) is 6.54 Å². The zero-order chi connectivity index (χ0) is 20.6. The van der Waals surface area contributed by atoms with Gasteiger partial charge >= 0.3 is 0 Å². The molecule has 158 valence electrons. The van der Waals surface area contributed by atoms with Gasteiger partial charge in [-0.25, -0.2) is 13.8 Å². The van der Waals surface area contributed by atoms with Gasteiger partial charge in [0.25, 0.3) is 0 Å². The molecule has 1 saturated heterocycles. The average molecular weight is 405 g/mol. The fourth-order valence-electron chi connectivity index (χ4n) is 3.81. The van der Waals surface area contributed by atoms with E-state index >= 15 is 0 Å². The van der Waals surface area contributed by atoms with Gasteiger partial charge in [-0.3, -0.25) is 9.89 Å². The highest BCUT2D eigenvalue weighted by atomic mass is 19.1. The molecule has 2 aromatic rings. The maximum atomic E-state index is 14.3. The summed E-state index contributed by atoms with van der Waals surface area (Å²) in [5, 5.41) is 3.37. The molecule has 1 fully saturated rings. The number of imidazole rings is 1. The number of benzene rings is 1. The summed E-state index contributed by atoms with van der Waals surface area (Å²) >= 11 is 0. The van der Waals surface area contributed by atoms with Gasteiger partial charge in [0.15, 0.2) is 5.96 Å². The molecule has 1 aliphatic rings. The Morgan fingerprint density at radius 3 is 2.62 bits per heavy atom. The SMILES string of the molecule is CCNC(=NCCn1ccnc1)N1CCN(C(CC)c2ccc(F)cc2F)CC1. The first kappa shape index (κ1) is 21.2. The molecule has 1 aliphatic heterocycles. The Kier molecular flexibility index (Phi) is 7.57. The maximum Gasteiger partial charge on any atom is 0.194 e. The van der Waals surface area contributed by atoms with E-state index in [9.17, 15) is 8.78 Å². The third-order valence-electron chi connectivity index (χ3n) is 5.28. The molecule has 1 aromatic carbocycles. The zero-order valence-corrected chi connectivity index (χ0v) is 17.2. The van der Waals surface area contributed by atoms with Crippen LogP contribution < -0.4 is 5.32 Å². The highest BCUT2D eigenvalue weighted by molar-refractivity contribution is 5.80. The Morgan fingerprint density at radius 1 is 1.21 bits per heavy atom. The van der Waals surface area contributed by atoms with Gasteiger partial charge in [-0.2, -0.15) is 0 Å².